The van der Waals surface area contributed by atoms with Crippen molar-refractivity contribution in [2.24, 2.45) is 0 Å². The van der Waals surface area contributed by atoms with Crippen LogP contribution in [0.15, 0.2) is 72.6 Å². The maximum absolute atomic E-state index is 12.5. The number of methoxy groups -OCH3 is 1. The van der Waals surface area contributed by atoms with Crippen LogP contribution in [0.1, 0.15) is 5.69 Å². The Bertz CT molecular complexity index is 1270. The summed E-state index contributed by atoms with van der Waals surface area (Å²) in [5, 5.41) is 5.68. The molecular weight excluding hydrogens is 421 g/mol. The fourth-order valence-corrected chi connectivity index (χ4v) is 3.38. The van der Waals surface area contributed by atoms with E-state index in [-0.39, 0.29) is 11.7 Å². The van der Waals surface area contributed by atoms with Crippen molar-refractivity contribution in [2.75, 3.05) is 12.4 Å². The summed E-state index contributed by atoms with van der Waals surface area (Å²) in [5.74, 6) is -0.198. The summed E-state index contributed by atoms with van der Waals surface area (Å²) in [5.41, 5.74) is 3.17. The summed E-state index contributed by atoms with van der Waals surface area (Å²) in [7, 11) is 1.45. The lowest BCUT2D eigenvalue weighted by Gasteiger charge is -2.08. The highest BCUT2D eigenvalue weighted by Gasteiger charge is 2.10. The first-order valence-corrected chi connectivity index (χ1v) is 9.85. The van der Waals surface area contributed by atoms with Gasteiger partial charge >= 0.3 is 0 Å². The van der Waals surface area contributed by atoms with E-state index in [1.807, 2.05) is 42.5 Å². The highest BCUT2D eigenvalue weighted by Crippen LogP contribution is 2.28. The number of allylic oxidation sites excluding steroid dienone is 2. The molecule has 1 amide bonds. The number of aromatic amines is 1. The van der Waals surface area contributed by atoms with E-state index in [0.29, 0.717) is 15.7 Å². The van der Waals surface area contributed by atoms with Gasteiger partial charge in [-0.1, -0.05) is 47.5 Å². The topological polar surface area (TPSA) is 67.0 Å². The van der Waals surface area contributed by atoms with E-state index in [4.69, 9.17) is 27.9 Å². The smallest absolute Gasteiger partial charge is 0.290 e. The van der Waals surface area contributed by atoms with Gasteiger partial charge in [0.15, 0.2) is 5.76 Å². The number of rotatable bonds is 5. The maximum atomic E-state index is 12.5. The van der Waals surface area contributed by atoms with Gasteiger partial charge < -0.3 is 15.0 Å². The van der Waals surface area contributed by atoms with Gasteiger partial charge in [-0.3, -0.25) is 9.78 Å². The molecule has 0 spiro atoms. The molecule has 0 aliphatic carbocycles. The standard InChI is InChI=1S/C23H17Cl2N3O2/c1-30-22(23(29)28-17-9-14-5-2-3-7-20(14)26-13-17)8-4-6-16-10-15-11-18(24)19(25)12-21(15)27-16/h2-13,27H,1H3,(H,28,29)/b6-4+,22-8-. The number of amides is 1. The average Bonchev–Trinajstić information content (AvgIpc) is 3.12. The van der Waals surface area contributed by atoms with Crippen molar-refractivity contribution in [3.05, 3.63) is 88.4 Å². The Hall–Kier alpha value is -3.28. The molecule has 0 fully saturated rings. The van der Waals surface area contributed by atoms with Crippen LogP contribution in [0.4, 0.5) is 5.69 Å². The molecule has 150 valence electrons. The molecule has 0 atom stereocenters. The number of nitrogens with zero attached hydrogens (tertiary/aromatic N) is 1. The quantitative estimate of drug-likeness (QED) is 0.221. The van der Waals surface area contributed by atoms with E-state index in [2.05, 4.69) is 15.3 Å². The molecule has 4 rings (SSSR count). The van der Waals surface area contributed by atoms with Gasteiger partial charge in [0.1, 0.15) is 0 Å². The van der Waals surface area contributed by atoms with Gasteiger partial charge in [0.25, 0.3) is 5.91 Å². The third kappa shape index (κ3) is 4.32. The molecule has 0 radical (unpaired) electrons. The Morgan fingerprint density at radius 1 is 1.10 bits per heavy atom. The number of hydrogen-bond acceptors (Lipinski definition) is 3. The fraction of sp³-hybridized carbons (Fsp3) is 0.0435. The minimum absolute atomic E-state index is 0.168. The largest absolute Gasteiger partial charge is 0.491 e. The Kier molecular flexibility index (Phi) is 5.74. The molecule has 2 aromatic heterocycles. The number of aromatic nitrogens is 2. The van der Waals surface area contributed by atoms with Crippen LogP contribution in [0, 0.1) is 0 Å². The number of ether oxygens (including phenoxy) is 1. The van der Waals surface area contributed by atoms with E-state index >= 15 is 0 Å². The highest BCUT2D eigenvalue weighted by atomic mass is 35.5. The molecule has 2 heterocycles. The Balaban J connectivity index is 1.50. The molecule has 4 aromatic rings. The maximum Gasteiger partial charge on any atom is 0.290 e. The van der Waals surface area contributed by atoms with Crippen molar-refractivity contribution in [3.8, 4) is 0 Å². The van der Waals surface area contributed by atoms with Crippen LogP contribution in [-0.4, -0.2) is 23.0 Å². The minimum Gasteiger partial charge on any atom is -0.491 e. The predicted octanol–water partition coefficient (Wildman–Crippen LogP) is 6.21. The van der Waals surface area contributed by atoms with E-state index in [1.165, 1.54) is 7.11 Å². The lowest BCUT2D eigenvalue weighted by molar-refractivity contribution is -0.115. The fourth-order valence-electron chi connectivity index (χ4n) is 3.05. The number of para-hydroxylation sites is 1. The van der Waals surface area contributed by atoms with Gasteiger partial charge in [-0.25, -0.2) is 0 Å². The van der Waals surface area contributed by atoms with Crippen LogP contribution in [0.25, 0.3) is 27.9 Å². The number of fused-ring (bicyclic) bond motifs is 2. The van der Waals surface area contributed by atoms with E-state index < -0.39 is 0 Å². The third-order valence-electron chi connectivity index (χ3n) is 4.50. The summed E-state index contributed by atoms with van der Waals surface area (Å²) in [6.45, 7) is 0. The Morgan fingerprint density at radius 2 is 1.90 bits per heavy atom. The SMILES string of the molecule is CO/C(=C\C=C\c1cc2cc(Cl)c(Cl)cc2[nH]1)C(=O)Nc1cnc2ccccc2c1. The molecule has 0 aliphatic rings. The number of carbonyl (C=O) groups is 1. The Labute approximate surface area is 183 Å². The molecule has 0 aliphatic heterocycles. The lowest BCUT2D eigenvalue weighted by Crippen LogP contribution is -2.15. The van der Waals surface area contributed by atoms with Gasteiger partial charge in [0.05, 0.1) is 34.6 Å². The zero-order chi connectivity index (χ0) is 21.1. The molecule has 7 heteroatoms. The van der Waals surface area contributed by atoms with Crippen LogP contribution < -0.4 is 5.32 Å². The van der Waals surface area contributed by atoms with Crippen molar-refractivity contribution in [1.82, 2.24) is 9.97 Å². The average molecular weight is 438 g/mol. The van der Waals surface area contributed by atoms with Crippen molar-refractivity contribution in [2.45, 2.75) is 0 Å². The van der Waals surface area contributed by atoms with Crippen molar-refractivity contribution in [3.63, 3.8) is 0 Å². The van der Waals surface area contributed by atoms with Gasteiger partial charge in [0, 0.05) is 22.0 Å². The van der Waals surface area contributed by atoms with Gasteiger partial charge in [0.2, 0.25) is 0 Å². The van der Waals surface area contributed by atoms with E-state index in [9.17, 15) is 4.79 Å². The molecule has 0 unspecified atom stereocenters. The number of anilines is 1. The normalized spacial score (nSPS) is 12.0. The number of carbonyl (C=O) groups excluding carboxylic acids is 1. The van der Waals surface area contributed by atoms with E-state index in [1.54, 1.807) is 30.5 Å². The molecule has 2 N–H and O–H groups in total. The summed E-state index contributed by atoms with van der Waals surface area (Å²) >= 11 is 12.1. The van der Waals surface area contributed by atoms with Crippen molar-refractivity contribution in [1.29, 1.82) is 0 Å². The third-order valence-corrected chi connectivity index (χ3v) is 5.22. The number of benzene rings is 2. The first kappa shape index (κ1) is 20.0. The molecule has 5 nitrogen and oxygen atoms in total. The second-order valence-corrected chi connectivity index (χ2v) is 7.36. The van der Waals surface area contributed by atoms with E-state index in [0.717, 1.165) is 27.5 Å². The second-order valence-electron chi connectivity index (χ2n) is 6.54. The molecule has 0 saturated carbocycles. The summed E-state index contributed by atoms with van der Waals surface area (Å²) in [6.07, 6.45) is 6.76. The Morgan fingerprint density at radius 3 is 2.73 bits per heavy atom. The van der Waals surface area contributed by atoms with Crippen LogP contribution in [0.2, 0.25) is 10.0 Å². The number of H-pyrrole nitrogens is 1. The van der Waals surface area contributed by atoms with Crippen LogP contribution in [-0.2, 0) is 9.53 Å². The zero-order valence-electron chi connectivity index (χ0n) is 15.9. The van der Waals surface area contributed by atoms with Gasteiger partial charge in [-0.2, -0.15) is 0 Å². The molecular formula is C23H17Cl2N3O2. The molecule has 0 saturated heterocycles. The van der Waals surface area contributed by atoms with Crippen LogP contribution in [0.3, 0.4) is 0 Å². The van der Waals surface area contributed by atoms with Crippen LogP contribution in [0.5, 0.6) is 0 Å². The summed E-state index contributed by atoms with van der Waals surface area (Å²) in [4.78, 5) is 20.1. The first-order valence-electron chi connectivity index (χ1n) is 9.10. The summed E-state index contributed by atoms with van der Waals surface area (Å²) in [6, 6.07) is 15.1. The molecule has 30 heavy (non-hydrogen) atoms. The van der Waals surface area contributed by atoms with Gasteiger partial charge in [-0.15, -0.1) is 0 Å². The number of nitrogens with one attached hydrogen (secondary N) is 2. The number of hydrogen-bond donors (Lipinski definition) is 2. The van der Waals surface area contributed by atoms with Crippen molar-refractivity contribution < 1.29 is 9.53 Å². The van der Waals surface area contributed by atoms with Crippen LogP contribution >= 0.6 is 23.2 Å². The van der Waals surface area contributed by atoms with Gasteiger partial charge in [-0.05, 0) is 42.5 Å². The second kappa shape index (κ2) is 8.61. The highest BCUT2D eigenvalue weighted by molar-refractivity contribution is 6.42. The zero-order valence-corrected chi connectivity index (χ0v) is 17.5. The number of pyridine rings is 1. The van der Waals surface area contributed by atoms with Crippen molar-refractivity contribution >= 4 is 62.7 Å². The lowest BCUT2D eigenvalue weighted by atomic mass is 10.2. The minimum atomic E-state index is -0.366. The molecule has 2 aromatic carbocycles. The first-order chi connectivity index (χ1) is 14.5. The predicted molar refractivity (Wildman–Crippen MR) is 123 cm³/mol. The monoisotopic (exact) mass is 437 g/mol. The number of halogens is 2. The molecule has 0 bridgehead atoms. The summed E-state index contributed by atoms with van der Waals surface area (Å²) < 4.78 is 5.23.